The maximum atomic E-state index is 4.15. The normalized spacial score (nSPS) is 17.3. The lowest BCUT2D eigenvalue weighted by molar-refractivity contribution is 1.17. The third-order valence-electron chi connectivity index (χ3n) is 1.97. The van der Waals surface area contributed by atoms with Crippen molar-refractivity contribution in [1.29, 1.82) is 0 Å². The lowest BCUT2D eigenvalue weighted by Crippen LogP contribution is -1.95. The van der Waals surface area contributed by atoms with Crippen molar-refractivity contribution in [3.8, 4) is 0 Å². The number of hydrogen-bond acceptors (Lipinski definition) is 2. The highest BCUT2D eigenvalue weighted by Gasteiger charge is 1.93. The Labute approximate surface area is 83.7 Å². The molecule has 1 aliphatic heterocycles. The summed E-state index contributed by atoms with van der Waals surface area (Å²) < 4.78 is 0. The molecule has 0 bridgehead atoms. The van der Waals surface area contributed by atoms with Gasteiger partial charge in [0.05, 0.1) is 6.54 Å². The lowest BCUT2D eigenvalue weighted by atomic mass is 10.2. The first-order valence-corrected chi connectivity index (χ1v) is 4.62. The molecule has 1 aliphatic rings. The van der Waals surface area contributed by atoms with E-state index in [4.69, 9.17) is 0 Å². The van der Waals surface area contributed by atoms with Gasteiger partial charge in [-0.2, -0.15) is 0 Å². The maximum Gasteiger partial charge on any atom is 0.0653 e. The van der Waals surface area contributed by atoms with E-state index < -0.39 is 0 Å². The highest BCUT2D eigenvalue weighted by Crippen LogP contribution is 2.07. The molecule has 0 unspecified atom stereocenters. The Balaban J connectivity index is 2.00. The zero-order valence-corrected chi connectivity index (χ0v) is 7.85. The van der Waals surface area contributed by atoms with Gasteiger partial charge in [-0.15, -0.1) is 0 Å². The van der Waals surface area contributed by atoms with Crippen LogP contribution in [0.3, 0.4) is 0 Å². The van der Waals surface area contributed by atoms with Gasteiger partial charge in [-0.25, -0.2) is 0 Å². The zero-order chi connectivity index (χ0) is 9.64. The second kappa shape index (κ2) is 4.42. The van der Waals surface area contributed by atoms with Gasteiger partial charge in [-0.05, 0) is 23.8 Å². The molecule has 2 heteroatoms. The van der Waals surface area contributed by atoms with Crippen LogP contribution in [0.15, 0.2) is 59.2 Å². The van der Waals surface area contributed by atoms with Gasteiger partial charge < -0.3 is 5.32 Å². The quantitative estimate of drug-likeness (QED) is 0.750. The van der Waals surface area contributed by atoms with Crippen LogP contribution in [-0.4, -0.2) is 12.8 Å². The van der Waals surface area contributed by atoms with E-state index in [0.717, 1.165) is 12.2 Å². The largest absolute Gasteiger partial charge is 0.361 e. The van der Waals surface area contributed by atoms with Crippen LogP contribution in [0.4, 0.5) is 5.69 Å². The molecule has 1 heterocycles. The SMILES string of the molecule is C1=CC(=CNc2ccccc2)CN=C1. The highest BCUT2D eigenvalue weighted by molar-refractivity contribution is 5.73. The van der Waals surface area contributed by atoms with Crippen LogP contribution in [0.2, 0.25) is 0 Å². The maximum absolute atomic E-state index is 4.15. The first-order chi connectivity index (χ1) is 6.95. The fraction of sp³-hybridized carbons (Fsp3) is 0.0833. The van der Waals surface area contributed by atoms with Gasteiger partial charge in [0.1, 0.15) is 0 Å². The van der Waals surface area contributed by atoms with Gasteiger partial charge >= 0.3 is 0 Å². The van der Waals surface area contributed by atoms with Crippen molar-refractivity contribution < 1.29 is 0 Å². The molecule has 2 rings (SSSR count). The summed E-state index contributed by atoms with van der Waals surface area (Å²) in [5.41, 5.74) is 2.29. The number of anilines is 1. The standard InChI is InChI=1S/C12H12N2/c1-2-6-12(7-3-1)14-10-11-5-4-8-13-9-11/h1-8,10,14H,9H2. The number of benzene rings is 1. The van der Waals surface area contributed by atoms with Gasteiger partial charge in [-0.3, -0.25) is 4.99 Å². The average Bonchev–Trinajstić information content (AvgIpc) is 2.29. The van der Waals surface area contributed by atoms with Crippen molar-refractivity contribution in [2.75, 3.05) is 11.9 Å². The first-order valence-electron chi connectivity index (χ1n) is 4.62. The fourth-order valence-electron chi connectivity index (χ4n) is 1.24. The van der Waals surface area contributed by atoms with Crippen molar-refractivity contribution in [3.05, 3.63) is 54.3 Å². The van der Waals surface area contributed by atoms with Crippen molar-refractivity contribution >= 4 is 11.9 Å². The summed E-state index contributed by atoms with van der Waals surface area (Å²) in [6.45, 7) is 0.760. The number of aliphatic imine (C=N–C) groups is 1. The van der Waals surface area contributed by atoms with E-state index in [1.54, 1.807) is 0 Å². The van der Waals surface area contributed by atoms with Crippen molar-refractivity contribution in [2.24, 2.45) is 4.99 Å². The van der Waals surface area contributed by atoms with Crippen LogP contribution in [0.5, 0.6) is 0 Å². The summed E-state index contributed by atoms with van der Waals surface area (Å²) in [4.78, 5) is 4.15. The second-order valence-corrected chi connectivity index (χ2v) is 3.08. The highest BCUT2D eigenvalue weighted by atomic mass is 14.8. The van der Waals surface area contributed by atoms with Crippen LogP contribution < -0.4 is 5.32 Å². The molecule has 0 aromatic heterocycles. The first kappa shape index (κ1) is 8.75. The summed E-state index contributed by atoms with van der Waals surface area (Å²) in [7, 11) is 0. The van der Waals surface area contributed by atoms with Gasteiger partial charge in [0.25, 0.3) is 0 Å². The number of hydrogen-bond donors (Lipinski definition) is 1. The molecule has 0 spiro atoms. The molecule has 1 N–H and O–H groups in total. The molecule has 0 saturated heterocycles. The molecule has 1 aromatic rings. The van der Waals surface area contributed by atoms with E-state index in [2.05, 4.69) is 16.4 Å². The Morgan fingerprint density at radius 3 is 2.79 bits per heavy atom. The monoisotopic (exact) mass is 184 g/mol. The molecule has 0 saturated carbocycles. The van der Waals surface area contributed by atoms with Crippen molar-refractivity contribution in [1.82, 2.24) is 0 Å². The third-order valence-corrected chi connectivity index (χ3v) is 1.97. The van der Waals surface area contributed by atoms with E-state index in [-0.39, 0.29) is 0 Å². The van der Waals surface area contributed by atoms with Crippen LogP contribution in [0.25, 0.3) is 0 Å². The van der Waals surface area contributed by atoms with E-state index in [1.807, 2.05) is 48.8 Å². The van der Waals surface area contributed by atoms with Gasteiger partial charge in [0, 0.05) is 18.1 Å². The van der Waals surface area contributed by atoms with Crippen LogP contribution in [-0.2, 0) is 0 Å². The van der Waals surface area contributed by atoms with Crippen molar-refractivity contribution in [3.63, 3.8) is 0 Å². The summed E-state index contributed by atoms with van der Waals surface area (Å²) in [5, 5.41) is 3.23. The Hall–Kier alpha value is -1.83. The van der Waals surface area contributed by atoms with Gasteiger partial charge in [-0.1, -0.05) is 24.3 Å². The summed E-state index contributed by atoms with van der Waals surface area (Å²) in [6.07, 6.45) is 7.81. The predicted octanol–water partition coefficient (Wildman–Crippen LogP) is 2.62. The molecule has 0 radical (unpaired) electrons. The molecule has 0 amide bonds. The summed E-state index contributed by atoms with van der Waals surface area (Å²) in [6, 6.07) is 10.1. The Morgan fingerprint density at radius 2 is 2.07 bits per heavy atom. The van der Waals surface area contributed by atoms with E-state index in [9.17, 15) is 0 Å². The molecule has 0 atom stereocenters. The van der Waals surface area contributed by atoms with Crippen LogP contribution >= 0.6 is 0 Å². The number of para-hydroxylation sites is 1. The lowest BCUT2D eigenvalue weighted by Gasteiger charge is -2.04. The summed E-state index contributed by atoms with van der Waals surface area (Å²) >= 11 is 0. The Kier molecular flexibility index (Phi) is 2.76. The van der Waals surface area contributed by atoms with E-state index in [0.29, 0.717) is 0 Å². The molecule has 2 nitrogen and oxygen atoms in total. The topological polar surface area (TPSA) is 24.4 Å². The molecule has 70 valence electrons. The smallest absolute Gasteiger partial charge is 0.0653 e. The van der Waals surface area contributed by atoms with Crippen molar-refractivity contribution in [2.45, 2.75) is 0 Å². The molecule has 14 heavy (non-hydrogen) atoms. The molecule has 0 aliphatic carbocycles. The zero-order valence-electron chi connectivity index (χ0n) is 7.85. The van der Waals surface area contributed by atoms with Crippen LogP contribution in [0, 0.1) is 0 Å². The number of rotatable bonds is 2. The number of nitrogens with zero attached hydrogens (tertiary/aromatic N) is 1. The fourth-order valence-corrected chi connectivity index (χ4v) is 1.24. The van der Waals surface area contributed by atoms with Crippen LogP contribution in [0.1, 0.15) is 0 Å². The van der Waals surface area contributed by atoms with E-state index in [1.165, 1.54) is 5.57 Å². The second-order valence-electron chi connectivity index (χ2n) is 3.08. The van der Waals surface area contributed by atoms with Gasteiger partial charge in [0.2, 0.25) is 0 Å². The Bertz CT molecular complexity index is 375. The third kappa shape index (κ3) is 2.33. The molecular weight excluding hydrogens is 172 g/mol. The minimum atomic E-state index is 0.760. The minimum absolute atomic E-state index is 0.760. The van der Waals surface area contributed by atoms with Gasteiger partial charge in [0.15, 0.2) is 0 Å². The number of dihydropyridines is 1. The Morgan fingerprint density at radius 1 is 1.21 bits per heavy atom. The average molecular weight is 184 g/mol. The number of allylic oxidation sites excluding steroid dienone is 1. The predicted molar refractivity (Wildman–Crippen MR) is 60.6 cm³/mol. The molecule has 1 aromatic carbocycles. The number of nitrogens with one attached hydrogen (secondary N) is 1. The molecule has 0 fully saturated rings. The summed E-state index contributed by atoms with van der Waals surface area (Å²) in [5.74, 6) is 0. The minimum Gasteiger partial charge on any atom is -0.361 e. The van der Waals surface area contributed by atoms with E-state index >= 15 is 0 Å². The molecular formula is C12H12N2.